The molecule has 1 aliphatic heterocycles. The minimum absolute atomic E-state index is 0.583. The summed E-state index contributed by atoms with van der Waals surface area (Å²) in [5, 5.41) is 0. The van der Waals surface area contributed by atoms with Crippen LogP contribution in [0.2, 0.25) is 0 Å². The highest BCUT2D eigenvalue weighted by atomic mass is 79.9. The van der Waals surface area contributed by atoms with E-state index >= 15 is 0 Å². The van der Waals surface area contributed by atoms with Crippen molar-refractivity contribution in [2.75, 3.05) is 26.7 Å². The monoisotopic (exact) mass is 353 g/mol. The average molecular weight is 354 g/mol. The summed E-state index contributed by atoms with van der Waals surface area (Å²) in [5.74, 6) is 0.914. The summed E-state index contributed by atoms with van der Waals surface area (Å²) in [4.78, 5) is 2.23. The van der Waals surface area contributed by atoms with Gasteiger partial charge in [0.1, 0.15) is 11.9 Å². The lowest BCUT2D eigenvalue weighted by molar-refractivity contribution is 0.301. The highest BCUT2D eigenvalue weighted by Gasteiger charge is 2.24. The minimum atomic E-state index is -0.647. The zero-order valence-corrected chi connectivity index (χ0v) is 14.0. The Balaban J connectivity index is 1.85. The zero-order chi connectivity index (χ0) is 14.8. The Morgan fingerprint density at radius 1 is 1.38 bits per heavy atom. The highest BCUT2D eigenvalue weighted by molar-refractivity contribution is 9.15. The van der Waals surface area contributed by atoms with Crippen LogP contribution in [-0.2, 0) is 6.42 Å². The SMILES string of the molecule is COc1ccc2c(c1)CCCC(CN1CC[C@H](F)C1)=C2Br. The van der Waals surface area contributed by atoms with E-state index in [1.165, 1.54) is 21.2 Å². The van der Waals surface area contributed by atoms with E-state index in [-0.39, 0.29) is 0 Å². The topological polar surface area (TPSA) is 12.5 Å². The summed E-state index contributed by atoms with van der Waals surface area (Å²) in [6.45, 7) is 2.34. The summed E-state index contributed by atoms with van der Waals surface area (Å²) < 4.78 is 19.9. The third kappa shape index (κ3) is 3.32. The molecule has 1 fully saturated rings. The summed E-state index contributed by atoms with van der Waals surface area (Å²) >= 11 is 3.79. The molecule has 114 valence electrons. The van der Waals surface area contributed by atoms with Crippen LogP contribution in [0.5, 0.6) is 5.75 Å². The van der Waals surface area contributed by atoms with E-state index in [0.717, 1.165) is 38.1 Å². The summed E-state index contributed by atoms with van der Waals surface area (Å²) in [6, 6.07) is 6.27. The molecular formula is C17H21BrFNO. The van der Waals surface area contributed by atoms with Gasteiger partial charge < -0.3 is 4.74 Å². The summed E-state index contributed by atoms with van der Waals surface area (Å²) in [5.41, 5.74) is 3.99. The van der Waals surface area contributed by atoms with Crippen molar-refractivity contribution in [3.63, 3.8) is 0 Å². The molecule has 4 heteroatoms. The quantitative estimate of drug-likeness (QED) is 0.807. The van der Waals surface area contributed by atoms with Crippen molar-refractivity contribution in [3.8, 4) is 5.75 Å². The first-order chi connectivity index (χ1) is 10.2. The molecule has 0 unspecified atom stereocenters. The third-order valence-electron chi connectivity index (χ3n) is 4.41. The molecule has 0 spiro atoms. The smallest absolute Gasteiger partial charge is 0.119 e. The Morgan fingerprint density at radius 2 is 2.24 bits per heavy atom. The number of ether oxygens (including phenoxy) is 1. The van der Waals surface area contributed by atoms with Crippen molar-refractivity contribution in [2.24, 2.45) is 0 Å². The van der Waals surface area contributed by atoms with E-state index in [2.05, 4.69) is 33.0 Å². The molecule has 0 aromatic heterocycles. The van der Waals surface area contributed by atoms with E-state index in [0.29, 0.717) is 13.0 Å². The van der Waals surface area contributed by atoms with Gasteiger partial charge in [0.2, 0.25) is 0 Å². The van der Waals surface area contributed by atoms with E-state index in [4.69, 9.17) is 4.74 Å². The molecular weight excluding hydrogens is 333 g/mol. The van der Waals surface area contributed by atoms with Crippen LogP contribution < -0.4 is 4.74 Å². The number of nitrogens with zero attached hydrogens (tertiary/aromatic N) is 1. The van der Waals surface area contributed by atoms with Crippen LogP contribution in [0.1, 0.15) is 30.4 Å². The number of hydrogen-bond acceptors (Lipinski definition) is 2. The fraction of sp³-hybridized carbons (Fsp3) is 0.529. The van der Waals surface area contributed by atoms with E-state index in [9.17, 15) is 4.39 Å². The number of fused-ring (bicyclic) bond motifs is 1. The van der Waals surface area contributed by atoms with Gasteiger partial charge in [0.25, 0.3) is 0 Å². The molecule has 1 aromatic rings. The Bertz CT molecular complexity index is 558. The fourth-order valence-corrected chi connectivity index (χ4v) is 3.97. The number of benzene rings is 1. The lowest BCUT2D eigenvalue weighted by Gasteiger charge is -2.18. The number of rotatable bonds is 3. The number of likely N-dealkylation sites (tertiary alicyclic amines) is 1. The molecule has 0 N–H and O–H groups in total. The molecule has 1 aliphatic carbocycles. The van der Waals surface area contributed by atoms with Crippen molar-refractivity contribution in [1.82, 2.24) is 4.90 Å². The molecule has 1 atom stereocenters. The Kier molecular flexibility index (Phi) is 4.65. The van der Waals surface area contributed by atoms with E-state index in [1.54, 1.807) is 7.11 Å². The van der Waals surface area contributed by atoms with Crippen molar-refractivity contribution >= 4 is 20.4 Å². The minimum Gasteiger partial charge on any atom is -0.497 e. The van der Waals surface area contributed by atoms with Gasteiger partial charge in [-0.2, -0.15) is 0 Å². The second-order valence-electron chi connectivity index (χ2n) is 5.92. The van der Waals surface area contributed by atoms with Crippen molar-refractivity contribution in [3.05, 3.63) is 34.9 Å². The predicted molar refractivity (Wildman–Crippen MR) is 87.7 cm³/mol. The van der Waals surface area contributed by atoms with Crippen LogP contribution in [0.25, 0.3) is 4.48 Å². The van der Waals surface area contributed by atoms with Gasteiger partial charge in [-0.3, -0.25) is 4.90 Å². The molecule has 0 bridgehead atoms. The van der Waals surface area contributed by atoms with Crippen molar-refractivity contribution < 1.29 is 9.13 Å². The van der Waals surface area contributed by atoms with E-state index in [1.807, 2.05) is 6.07 Å². The van der Waals surface area contributed by atoms with Crippen LogP contribution in [0.4, 0.5) is 4.39 Å². The Labute approximate surface area is 134 Å². The van der Waals surface area contributed by atoms with Gasteiger partial charge in [-0.05, 0) is 60.6 Å². The molecule has 0 saturated carbocycles. The lowest BCUT2D eigenvalue weighted by Crippen LogP contribution is -2.23. The van der Waals surface area contributed by atoms with Crippen LogP contribution in [0.15, 0.2) is 23.8 Å². The normalized spacial score (nSPS) is 23.1. The number of halogens is 2. The Morgan fingerprint density at radius 3 is 2.95 bits per heavy atom. The van der Waals surface area contributed by atoms with Gasteiger partial charge in [0.15, 0.2) is 0 Å². The first-order valence-electron chi connectivity index (χ1n) is 7.58. The molecule has 0 amide bonds. The maximum atomic E-state index is 13.3. The van der Waals surface area contributed by atoms with Crippen LogP contribution >= 0.6 is 15.9 Å². The fourth-order valence-electron chi connectivity index (χ4n) is 3.26. The van der Waals surface area contributed by atoms with Gasteiger partial charge in [0, 0.05) is 24.1 Å². The molecule has 2 aliphatic rings. The second-order valence-corrected chi connectivity index (χ2v) is 6.71. The molecule has 21 heavy (non-hydrogen) atoms. The van der Waals surface area contributed by atoms with E-state index < -0.39 is 6.17 Å². The number of hydrogen-bond donors (Lipinski definition) is 0. The standard InChI is InChI=1S/C17H21BrFNO/c1-21-15-5-6-16-12(9-15)3-2-4-13(17(16)18)10-20-8-7-14(19)11-20/h5-6,9,14H,2-4,7-8,10-11H2,1H3/t14-/m0/s1. The zero-order valence-electron chi connectivity index (χ0n) is 12.4. The molecule has 2 nitrogen and oxygen atoms in total. The second kappa shape index (κ2) is 6.49. The number of aryl methyl sites for hydroxylation is 1. The lowest BCUT2D eigenvalue weighted by atomic mass is 10.0. The largest absolute Gasteiger partial charge is 0.497 e. The van der Waals surface area contributed by atoms with Crippen LogP contribution in [-0.4, -0.2) is 37.8 Å². The molecule has 1 saturated heterocycles. The summed E-state index contributed by atoms with van der Waals surface area (Å²) in [7, 11) is 1.70. The van der Waals surface area contributed by atoms with Gasteiger partial charge in [0.05, 0.1) is 7.11 Å². The molecule has 1 heterocycles. The maximum Gasteiger partial charge on any atom is 0.119 e. The highest BCUT2D eigenvalue weighted by Crippen LogP contribution is 2.36. The Hall–Kier alpha value is -0.870. The summed E-state index contributed by atoms with van der Waals surface area (Å²) in [6.07, 6.45) is 3.31. The predicted octanol–water partition coefficient (Wildman–Crippen LogP) is 4.18. The number of alkyl halides is 1. The first-order valence-corrected chi connectivity index (χ1v) is 8.38. The maximum absolute atomic E-state index is 13.3. The van der Waals surface area contributed by atoms with Gasteiger partial charge in [-0.1, -0.05) is 15.9 Å². The van der Waals surface area contributed by atoms with Gasteiger partial charge >= 0.3 is 0 Å². The molecule has 1 aromatic carbocycles. The van der Waals surface area contributed by atoms with Crippen LogP contribution in [0, 0.1) is 0 Å². The molecule has 3 rings (SSSR count). The van der Waals surface area contributed by atoms with Crippen molar-refractivity contribution in [2.45, 2.75) is 31.9 Å². The average Bonchev–Trinajstić information content (AvgIpc) is 2.83. The first kappa shape index (κ1) is 15.0. The number of methoxy groups -OCH3 is 1. The van der Waals surface area contributed by atoms with Crippen LogP contribution in [0.3, 0.4) is 0 Å². The van der Waals surface area contributed by atoms with Gasteiger partial charge in [-0.15, -0.1) is 0 Å². The van der Waals surface area contributed by atoms with Gasteiger partial charge in [-0.25, -0.2) is 4.39 Å². The third-order valence-corrected chi connectivity index (χ3v) is 5.40. The van der Waals surface area contributed by atoms with Crippen molar-refractivity contribution in [1.29, 1.82) is 0 Å². The molecule has 0 radical (unpaired) electrons.